The summed E-state index contributed by atoms with van der Waals surface area (Å²) in [5.74, 6) is -0.150. The molecular weight excluding hydrogens is 346 g/mol. The Balaban J connectivity index is 1.65. The summed E-state index contributed by atoms with van der Waals surface area (Å²) in [7, 11) is 0. The van der Waals surface area contributed by atoms with Crippen LogP contribution in [0.2, 0.25) is 0 Å². The second kappa shape index (κ2) is 9.51. The molecule has 3 aromatic rings. The molecule has 4 heteroatoms. The smallest absolute Gasteiger partial charge is 0.262 e. The molecule has 28 heavy (non-hydrogen) atoms. The maximum atomic E-state index is 12.6. The van der Waals surface area contributed by atoms with Gasteiger partial charge in [-0.05, 0) is 36.4 Å². The molecule has 3 rings (SSSR count). The molecule has 0 aliphatic carbocycles. The van der Waals surface area contributed by atoms with Crippen molar-refractivity contribution < 1.29 is 4.79 Å². The third-order valence-electron chi connectivity index (χ3n) is 4.50. The summed E-state index contributed by atoms with van der Waals surface area (Å²) < 4.78 is 0. The number of nitrogens with zero attached hydrogens (tertiary/aromatic N) is 1. The van der Waals surface area contributed by atoms with Crippen molar-refractivity contribution in [3.63, 3.8) is 0 Å². The number of fused-ring (bicyclic) bond motifs is 1. The van der Waals surface area contributed by atoms with Crippen LogP contribution in [0.4, 0.5) is 5.69 Å². The van der Waals surface area contributed by atoms with Crippen LogP contribution in [0.5, 0.6) is 0 Å². The van der Waals surface area contributed by atoms with E-state index in [2.05, 4.69) is 34.0 Å². The fraction of sp³-hybridized carbons (Fsp3) is 0.167. The predicted molar refractivity (Wildman–Crippen MR) is 118 cm³/mol. The first-order valence-electron chi connectivity index (χ1n) is 9.49. The number of hydrazone groups is 1. The van der Waals surface area contributed by atoms with Crippen LogP contribution >= 0.6 is 0 Å². The Morgan fingerprint density at radius 1 is 1.00 bits per heavy atom. The van der Waals surface area contributed by atoms with Gasteiger partial charge in [-0.1, -0.05) is 79.7 Å². The van der Waals surface area contributed by atoms with Crippen molar-refractivity contribution in [1.29, 1.82) is 0 Å². The number of hydrogen-bond acceptors (Lipinski definition) is 3. The minimum atomic E-state index is -0.361. The van der Waals surface area contributed by atoms with Crippen LogP contribution in [-0.2, 0) is 4.79 Å². The van der Waals surface area contributed by atoms with Gasteiger partial charge in [0, 0.05) is 11.1 Å². The Morgan fingerprint density at radius 3 is 2.50 bits per heavy atom. The molecule has 0 fully saturated rings. The summed E-state index contributed by atoms with van der Waals surface area (Å²) in [4.78, 5) is 12.6. The minimum Gasteiger partial charge on any atom is -0.373 e. The topological polar surface area (TPSA) is 53.5 Å². The lowest BCUT2D eigenvalue weighted by Crippen LogP contribution is -2.37. The quantitative estimate of drug-likeness (QED) is 0.441. The summed E-state index contributed by atoms with van der Waals surface area (Å²) in [5.41, 5.74) is 5.45. The van der Waals surface area contributed by atoms with Gasteiger partial charge in [-0.15, -0.1) is 0 Å². The molecular formula is C24H25N3O. The zero-order valence-electron chi connectivity index (χ0n) is 16.2. The van der Waals surface area contributed by atoms with Crippen molar-refractivity contribution in [1.82, 2.24) is 5.43 Å². The van der Waals surface area contributed by atoms with Crippen molar-refractivity contribution in [3.05, 3.63) is 84.4 Å². The fourth-order valence-corrected chi connectivity index (χ4v) is 2.93. The van der Waals surface area contributed by atoms with Crippen LogP contribution in [0.15, 0.2) is 84.0 Å². The molecule has 0 saturated heterocycles. The van der Waals surface area contributed by atoms with Crippen LogP contribution < -0.4 is 10.7 Å². The van der Waals surface area contributed by atoms with E-state index in [1.807, 2.05) is 80.6 Å². The van der Waals surface area contributed by atoms with Gasteiger partial charge in [-0.2, -0.15) is 5.10 Å². The Morgan fingerprint density at radius 2 is 1.71 bits per heavy atom. The molecule has 0 radical (unpaired) electrons. The second-order valence-corrected chi connectivity index (χ2v) is 6.61. The van der Waals surface area contributed by atoms with Crippen LogP contribution in [-0.4, -0.2) is 17.7 Å². The standard InChI is InChI=1S/C24H25N3O/c1-3-22(25-23-15-9-13-20-12-7-8-14-21(20)23)24(28)27-26-18(2)16-17-19-10-5-4-6-11-19/h4-17,22,25H,3H2,1-2H3,(H,27,28)/b17-16+,26-18-/t22-/m1/s1. The third kappa shape index (κ3) is 5.07. The lowest BCUT2D eigenvalue weighted by atomic mass is 10.1. The summed E-state index contributed by atoms with van der Waals surface area (Å²) >= 11 is 0. The summed E-state index contributed by atoms with van der Waals surface area (Å²) in [6.07, 6.45) is 4.51. The fourth-order valence-electron chi connectivity index (χ4n) is 2.93. The highest BCUT2D eigenvalue weighted by atomic mass is 16.2. The Hall–Kier alpha value is -3.40. The van der Waals surface area contributed by atoms with E-state index in [1.165, 1.54) is 0 Å². The van der Waals surface area contributed by atoms with Crippen molar-refractivity contribution >= 4 is 34.2 Å². The molecule has 1 amide bonds. The number of allylic oxidation sites excluding steroid dienone is 1. The molecule has 0 aromatic heterocycles. The van der Waals surface area contributed by atoms with E-state index in [1.54, 1.807) is 0 Å². The van der Waals surface area contributed by atoms with Crippen molar-refractivity contribution in [2.24, 2.45) is 5.10 Å². The van der Waals surface area contributed by atoms with Crippen LogP contribution in [0.3, 0.4) is 0 Å². The second-order valence-electron chi connectivity index (χ2n) is 6.61. The van der Waals surface area contributed by atoms with Gasteiger partial charge in [0.05, 0.1) is 5.71 Å². The zero-order chi connectivity index (χ0) is 19.8. The number of carbonyl (C=O) groups is 1. The van der Waals surface area contributed by atoms with E-state index in [4.69, 9.17) is 0 Å². The van der Waals surface area contributed by atoms with Crippen LogP contribution in [0, 0.1) is 0 Å². The van der Waals surface area contributed by atoms with Gasteiger partial charge >= 0.3 is 0 Å². The molecule has 1 atom stereocenters. The van der Waals surface area contributed by atoms with Gasteiger partial charge in [0.2, 0.25) is 0 Å². The molecule has 3 aromatic carbocycles. The SMILES string of the molecule is CC[C@@H](Nc1cccc2ccccc12)C(=O)N/N=C(C)\C=C\c1ccccc1. The van der Waals surface area contributed by atoms with E-state index in [-0.39, 0.29) is 11.9 Å². The Bertz CT molecular complexity index is 988. The van der Waals surface area contributed by atoms with E-state index in [9.17, 15) is 4.79 Å². The maximum absolute atomic E-state index is 12.6. The molecule has 0 spiro atoms. The summed E-state index contributed by atoms with van der Waals surface area (Å²) in [5, 5.41) is 9.80. The monoisotopic (exact) mass is 371 g/mol. The van der Waals surface area contributed by atoms with Crippen molar-refractivity contribution in [2.45, 2.75) is 26.3 Å². The highest BCUT2D eigenvalue weighted by Crippen LogP contribution is 2.24. The largest absolute Gasteiger partial charge is 0.373 e. The number of amides is 1. The molecule has 2 N–H and O–H groups in total. The maximum Gasteiger partial charge on any atom is 0.262 e. The molecule has 0 bridgehead atoms. The minimum absolute atomic E-state index is 0.150. The number of hydrogen-bond donors (Lipinski definition) is 2. The highest BCUT2D eigenvalue weighted by Gasteiger charge is 2.16. The Labute approximate surface area is 166 Å². The molecule has 0 aliphatic heterocycles. The van der Waals surface area contributed by atoms with Crippen molar-refractivity contribution in [3.8, 4) is 0 Å². The first-order valence-corrected chi connectivity index (χ1v) is 9.49. The van der Waals surface area contributed by atoms with Gasteiger partial charge in [-0.3, -0.25) is 4.79 Å². The number of anilines is 1. The molecule has 4 nitrogen and oxygen atoms in total. The van der Waals surface area contributed by atoms with Gasteiger partial charge < -0.3 is 5.32 Å². The molecule has 0 saturated carbocycles. The first-order chi connectivity index (χ1) is 13.7. The van der Waals surface area contributed by atoms with E-state index in [0.717, 1.165) is 27.7 Å². The van der Waals surface area contributed by atoms with Crippen LogP contribution in [0.25, 0.3) is 16.8 Å². The van der Waals surface area contributed by atoms with Gasteiger partial charge in [0.15, 0.2) is 0 Å². The van der Waals surface area contributed by atoms with Gasteiger partial charge in [0.1, 0.15) is 6.04 Å². The predicted octanol–water partition coefficient (Wildman–Crippen LogP) is 5.24. The van der Waals surface area contributed by atoms with E-state index in [0.29, 0.717) is 6.42 Å². The number of carbonyl (C=O) groups excluding carboxylic acids is 1. The Kier molecular flexibility index (Phi) is 6.58. The van der Waals surface area contributed by atoms with E-state index >= 15 is 0 Å². The molecule has 0 heterocycles. The summed E-state index contributed by atoms with van der Waals surface area (Å²) in [6, 6.07) is 23.8. The van der Waals surface area contributed by atoms with Crippen molar-refractivity contribution in [2.75, 3.05) is 5.32 Å². The lowest BCUT2D eigenvalue weighted by molar-refractivity contribution is -0.121. The number of nitrogens with one attached hydrogen (secondary N) is 2. The van der Waals surface area contributed by atoms with Gasteiger partial charge in [-0.25, -0.2) is 5.43 Å². The van der Waals surface area contributed by atoms with Crippen LogP contribution in [0.1, 0.15) is 25.8 Å². The average Bonchev–Trinajstić information content (AvgIpc) is 2.75. The first kappa shape index (κ1) is 19.4. The average molecular weight is 371 g/mol. The number of benzene rings is 3. The van der Waals surface area contributed by atoms with Gasteiger partial charge in [0.25, 0.3) is 5.91 Å². The number of rotatable bonds is 7. The molecule has 142 valence electrons. The zero-order valence-corrected chi connectivity index (χ0v) is 16.2. The third-order valence-corrected chi connectivity index (χ3v) is 4.50. The lowest BCUT2D eigenvalue weighted by Gasteiger charge is -2.18. The summed E-state index contributed by atoms with van der Waals surface area (Å²) in [6.45, 7) is 3.84. The normalized spacial score (nSPS) is 12.9. The molecule has 0 aliphatic rings. The van der Waals surface area contributed by atoms with E-state index < -0.39 is 0 Å². The molecule has 0 unspecified atom stereocenters. The highest BCUT2D eigenvalue weighted by molar-refractivity contribution is 5.98.